The molecule has 0 aliphatic rings. The fraction of sp³-hybridized carbons (Fsp3) is 0.368. The van der Waals surface area contributed by atoms with Gasteiger partial charge in [0.15, 0.2) is 0 Å². The number of hydrogen-bond donors (Lipinski definition) is 1. The summed E-state index contributed by atoms with van der Waals surface area (Å²) in [5, 5.41) is 0. The third kappa shape index (κ3) is 5.65. The second-order valence-corrected chi connectivity index (χ2v) is 7.99. The molecule has 0 bridgehead atoms. The van der Waals surface area contributed by atoms with E-state index in [9.17, 15) is 8.42 Å². The van der Waals surface area contributed by atoms with Crippen molar-refractivity contribution < 1.29 is 13.2 Å². The fourth-order valence-corrected chi connectivity index (χ4v) is 3.63. The molecule has 1 N–H and O–H groups in total. The van der Waals surface area contributed by atoms with Crippen LogP contribution in [0.4, 0.5) is 0 Å². The molecule has 5 heteroatoms. The number of aryl methyl sites for hydroxylation is 1. The normalized spacial score (nSPS) is 11.7. The Bertz CT molecular complexity index is 770. The van der Waals surface area contributed by atoms with E-state index in [0.717, 1.165) is 22.4 Å². The molecule has 0 fully saturated rings. The van der Waals surface area contributed by atoms with Crippen LogP contribution in [0.5, 0.6) is 5.75 Å². The van der Waals surface area contributed by atoms with Crippen LogP contribution in [0.2, 0.25) is 0 Å². The van der Waals surface area contributed by atoms with Crippen molar-refractivity contribution in [3.63, 3.8) is 0 Å². The SMILES string of the molecule is Cc1cccc(CS(=O)(=O)NCCOc2ccccc2C(C)C)c1. The minimum Gasteiger partial charge on any atom is -0.492 e. The molecule has 0 unspecified atom stereocenters. The summed E-state index contributed by atoms with van der Waals surface area (Å²) in [6.45, 7) is 6.71. The molecule has 24 heavy (non-hydrogen) atoms. The van der Waals surface area contributed by atoms with Crippen molar-refractivity contribution in [1.82, 2.24) is 4.72 Å². The van der Waals surface area contributed by atoms with Gasteiger partial charge in [-0.1, -0.05) is 61.9 Å². The van der Waals surface area contributed by atoms with Gasteiger partial charge in [-0.05, 0) is 30.0 Å². The van der Waals surface area contributed by atoms with Gasteiger partial charge in [0.25, 0.3) is 0 Å². The Labute approximate surface area is 144 Å². The summed E-state index contributed by atoms with van der Waals surface area (Å²) in [5.74, 6) is 1.15. The zero-order chi connectivity index (χ0) is 17.6. The summed E-state index contributed by atoms with van der Waals surface area (Å²) in [6.07, 6.45) is 0. The van der Waals surface area contributed by atoms with Crippen LogP contribution in [0.1, 0.15) is 36.5 Å². The van der Waals surface area contributed by atoms with Gasteiger partial charge in [0.05, 0.1) is 5.75 Å². The van der Waals surface area contributed by atoms with E-state index in [1.54, 1.807) is 0 Å². The molecule has 0 aliphatic heterocycles. The van der Waals surface area contributed by atoms with E-state index in [1.807, 2.05) is 55.5 Å². The number of ether oxygens (including phenoxy) is 1. The van der Waals surface area contributed by atoms with Crippen LogP contribution in [0.3, 0.4) is 0 Å². The number of hydrogen-bond acceptors (Lipinski definition) is 3. The van der Waals surface area contributed by atoms with Gasteiger partial charge >= 0.3 is 0 Å². The highest BCUT2D eigenvalue weighted by Crippen LogP contribution is 2.25. The predicted molar refractivity (Wildman–Crippen MR) is 97.8 cm³/mol. The summed E-state index contributed by atoms with van der Waals surface area (Å²) in [6, 6.07) is 15.4. The van der Waals surface area contributed by atoms with Crippen molar-refractivity contribution in [2.45, 2.75) is 32.4 Å². The number of rotatable bonds is 8. The highest BCUT2D eigenvalue weighted by Gasteiger charge is 2.12. The summed E-state index contributed by atoms with van der Waals surface area (Å²) in [7, 11) is -3.36. The first kappa shape index (κ1) is 18.5. The zero-order valence-electron chi connectivity index (χ0n) is 14.5. The minimum atomic E-state index is -3.36. The van der Waals surface area contributed by atoms with Crippen molar-refractivity contribution in [3.8, 4) is 5.75 Å². The van der Waals surface area contributed by atoms with E-state index in [2.05, 4.69) is 18.6 Å². The van der Waals surface area contributed by atoms with Crippen molar-refractivity contribution >= 4 is 10.0 Å². The molecule has 2 aromatic carbocycles. The van der Waals surface area contributed by atoms with Crippen LogP contribution in [-0.4, -0.2) is 21.6 Å². The smallest absolute Gasteiger partial charge is 0.215 e. The Morgan fingerprint density at radius 3 is 2.54 bits per heavy atom. The molecule has 0 aliphatic carbocycles. The zero-order valence-corrected chi connectivity index (χ0v) is 15.3. The Morgan fingerprint density at radius 2 is 1.83 bits per heavy atom. The molecule has 2 rings (SSSR count). The maximum absolute atomic E-state index is 12.1. The minimum absolute atomic E-state index is 0.0166. The molecule has 0 saturated carbocycles. The van der Waals surface area contributed by atoms with Gasteiger partial charge in [-0.25, -0.2) is 13.1 Å². The molecule has 0 heterocycles. The van der Waals surface area contributed by atoms with Gasteiger partial charge in [0.1, 0.15) is 12.4 Å². The first-order valence-corrected chi connectivity index (χ1v) is 9.77. The lowest BCUT2D eigenvalue weighted by atomic mass is 10.0. The predicted octanol–water partition coefficient (Wildman–Crippen LogP) is 3.62. The highest BCUT2D eigenvalue weighted by atomic mass is 32.2. The number of nitrogens with one attached hydrogen (secondary N) is 1. The van der Waals surface area contributed by atoms with Crippen LogP contribution >= 0.6 is 0 Å². The van der Waals surface area contributed by atoms with Crippen LogP contribution < -0.4 is 9.46 Å². The van der Waals surface area contributed by atoms with E-state index < -0.39 is 10.0 Å². The summed E-state index contributed by atoms with van der Waals surface area (Å²) in [5.41, 5.74) is 2.96. The Kier molecular flexibility index (Phi) is 6.40. The molecular weight excluding hydrogens is 322 g/mol. The largest absolute Gasteiger partial charge is 0.492 e. The van der Waals surface area contributed by atoms with E-state index in [4.69, 9.17) is 4.74 Å². The van der Waals surface area contributed by atoms with Gasteiger partial charge in [-0.15, -0.1) is 0 Å². The van der Waals surface area contributed by atoms with E-state index in [1.165, 1.54) is 0 Å². The topological polar surface area (TPSA) is 55.4 Å². The maximum Gasteiger partial charge on any atom is 0.215 e. The van der Waals surface area contributed by atoms with Crippen LogP contribution in [0.25, 0.3) is 0 Å². The van der Waals surface area contributed by atoms with Crippen molar-refractivity contribution in [3.05, 3.63) is 65.2 Å². The molecule has 0 spiro atoms. The summed E-state index contributed by atoms with van der Waals surface area (Å²) >= 11 is 0. The van der Waals surface area contributed by atoms with E-state index in [0.29, 0.717) is 12.5 Å². The van der Waals surface area contributed by atoms with Gasteiger partial charge < -0.3 is 4.74 Å². The molecule has 4 nitrogen and oxygen atoms in total. The third-order valence-corrected chi connectivity index (χ3v) is 5.02. The van der Waals surface area contributed by atoms with Gasteiger partial charge in [0.2, 0.25) is 10.0 Å². The van der Waals surface area contributed by atoms with Gasteiger partial charge in [-0.3, -0.25) is 0 Å². The van der Waals surface area contributed by atoms with E-state index >= 15 is 0 Å². The lowest BCUT2D eigenvalue weighted by molar-refractivity contribution is 0.318. The van der Waals surface area contributed by atoms with Crippen LogP contribution in [0.15, 0.2) is 48.5 Å². The summed E-state index contributed by atoms with van der Waals surface area (Å²) in [4.78, 5) is 0. The fourth-order valence-electron chi connectivity index (χ4n) is 2.52. The van der Waals surface area contributed by atoms with Crippen molar-refractivity contribution in [2.24, 2.45) is 0 Å². The number of sulfonamides is 1. The summed E-state index contributed by atoms with van der Waals surface area (Å²) < 4.78 is 32.6. The number of para-hydroxylation sites is 1. The Hall–Kier alpha value is -1.85. The monoisotopic (exact) mass is 347 g/mol. The standard InChI is InChI=1S/C19H25NO3S/c1-15(2)18-9-4-5-10-19(18)23-12-11-20-24(21,22)14-17-8-6-7-16(3)13-17/h4-10,13,15,20H,11-12,14H2,1-3H3. The molecule has 0 radical (unpaired) electrons. The second kappa shape index (κ2) is 8.31. The van der Waals surface area contributed by atoms with Crippen molar-refractivity contribution in [2.75, 3.05) is 13.2 Å². The quantitative estimate of drug-likeness (QED) is 0.742. The third-order valence-electron chi connectivity index (χ3n) is 3.66. The molecular formula is C19H25NO3S. The highest BCUT2D eigenvalue weighted by molar-refractivity contribution is 7.88. The first-order valence-electron chi connectivity index (χ1n) is 8.12. The van der Waals surface area contributed by atoms with Crippen LogP contribution in [-0.2, 0) is 15.8 Å². The van der Waals surface area contributed by atoms with Crippen molar-refractivity contribution in [1.29, 1.82) is 0 Å². The molecule has 0 aromatic heterocycles. The Balaban J connectivity index is 1.85. The van der Waals surface area contributed by atoms with Crippen LogP contribution in [0, 0.1) is 6.92 Å². The maximum atomic E-state index is 12.1. The number of benzene rings is 2. The lowest BCUT2D eigenvalue weighted by Crippen LogP contribution is -2.29. The average Bonchev–Trinajstić information content (AvgIpc) is 2.51. The van der Waals surface area contributed by atoms with Gasteiger partial charge in [0, 0.05) is 6.54 Å². The van der Waals surface area contributed by atoms with Gasteiger partial charge in [-0.2, -0.15) is 0 Å². The first-order chi connectivity index (χ1) is 11.4. The van der Waals surface area contributed by atoms with E-state index in [-0.39, 0.29) is 12.3 Å². The molecule has 2 aromatic rings. The molecule has 0 atom stereocenters. The molecule has 0 saturated heterocycles. The average molecular weight is 347 g/mol. The molecule has 130 valence electrons. The lowest BCUT2D eigenvalue weighted by Gasteiger charge is -2.14. The Morgan fingerprint density at radius 1 is 1.08 bits per heavy atom. The second-order valence-electron chi connectivity index (χ2n) is 6.18. The molecule has 0 amide bonds.